The zero-order valence-electron chi connectivity index (χ0n) is 8.25. The van der Waals surface area contributed by atoms with Gasteiger partial charge in [0.2, 0.25) is 0 Å². The van der Waals surface area contributed by atoms with Crippen LogP contribution in [0.4, 0.5) is 4.39 Å². The molecule has 0 aliphatic carbocycles. The van der Waals surface area contributed by atoms with Crippen LogP contribution in [0.25, 0.3) is 0 Å². The summed E-state index contributed by atoms with van der Waals surface area (Å²) in [5.74, 6) is -2.81. The Kier molecular flexibility index (Phi) is 3.52. The van der Waals surface area contributed by atoms with Crippen LogP contribution in [0.1, 0.15) is 18.4 Å². The number of carboxylic acids is 1. The second kappa shape index (κ2) is 4.49. The van der Waals surface area contributed by atoms with Gasteiger partial charge in [-0.3, -0.25) is 4.79 Å². The minimum atomic E-state index is -1.11. The quantitative estimate of drug-likeness (QED) is 0.872. The van der Waals surface area contributed by atoms with Crippen LogP contribution in [0.3, 0.4) is 0 Å². The lowest BCUT2D eigenvalue weighted by Crippen LogP contribution is -2.10. The Bertz CT molecular complexity index is 392. The molecule has 0 saturated heterocycles. The van der Waals surface area contributed by atoms with Crippen molar-refractivity contribution in [3.8, 4) is 5.75 Å². The molecule has 1 N–H and O–H groups in total. The fourth-order valence-corrected chi connectivity index (χ4v) is 1.40. The van der Waals surface area contributed by atoms with Crippen LogP contribution in [0.5, 0.6) is 5.75 Å². The predicted octanol–water partition coefficient (Wildman–Crippen LogP) is 2.68. The summed E-state index contributed by atoms with van der Waals surface area (Å²) in [6, 6.07) is 2.59. The summed E-state index contributed by atoms with van der Waals surface area (Å²) in [4.78, 5) is 10.7. The number of hydrogen-bond acceptors (Lipinski definition) is 2. The standard InChI is InChI=1S/C10H10ClFO3/c1-5(10(13)14)7-3-6(11)4-8(15-2)9(7)12/h3-5H,1-2H3,(H,13,14). The van der Waals surface area contributed by atoms with Crippen LogP contribution in [0, 0.1) is 5.82 Å². The smallest absolute Gasteiger partial charge is 0.310 e. The Morgan fingerprint density at radius 2 is 2.20 bits per heavy atom. The van der Waals surface area contributed by atoms with Crippen molar-refractivity contribution in [2.45, 2.75) is 12.8 Å². The Balaban J connectivity index is 3.28. The summed E-state index contributed by atoms with van der Waals surface area (Å²) < 4.78 is 18.4. The molecule has 0 fully saturated rings. The minimum absolute atomic E-state index is 0.0202. The second-order valence-electron chi connectivity index (χ2n) is 3.07. The van der Waals surface area contributed by atoms with E-state index >= 15 is 0 Å². The van der Waals surface area contributed by atoms with Gasteiger partial charge in [0.25, 0.3) is 0 Å². The van der Waals surface area contributed by atoms with Crippen molar-refractivity contribution in [2.75, 3.05) is 7.11 Å². The first-order valence-corrected chi connectivity index (χ1v) is 4.61. The van der Waals surface area contributed by atoms with Gasteiger partial charge < -0.3 is 9.84 Å². The van der Waals surface area contributed by atoms with E-state index in [1.165, 1.54) is 26.2 Å². The van der Waals surface area contributed by atoms with Gasteiger partial charge in [-0.1, -0.05) is 11.6 Å². The number of hydrogen-bond donors (Lipinski definition) is 1. The van der Waals surface area contributed by atoms with Gasteiger partial charge in [-0.05, 0) is 13.0 Å². The fourth-order valence-electron chi connectivity index (χ4n) is 1.18. The maximum Gasteiger partial charge on any atom is 0.310 e. The molecular weight excluding hydrogens is 223 g/mol. The molecule has 0 aliphatic rings. The summed E-state index contributed by atoms with van der Waals surface area (Å²) in [7, 11) is 1.30. The van der Waals surface area contributed by atoms with Crippen molar-refractivity contribution in [3.05, 3.63) is 28.5 Å². The molecule has 0 aliphatic heterocycles. The molecule has 1 aromatic carbocycles. The summed E-state index contributed by atoms with van der Waals surface area (Å²) in [6.07, 6.45) is 0. The molecule has 1 atom stereocenters. The molecule has 1 unspecified atom stereocenters. The molecule has 0 bridgehead atoms. The van der Waals surface area contributed by atoms with Gasteiger partial charge in [0, 0.05) is 16.7 Å². The zero-order chi connectivity index (χ0) is 11.6. The van der Waals surface area contributed by atoms with Gasteiger partial charge in [0.05, 0.1) is 13.0 Å². The molecule has 15 heavy (non-hydrogen) atoms. The van der Waals surface area contributed by atoms with Crippen LogP contribution in [-0.4, -0.2) is 18.2 Å². The number of aliphatic carboxylic acids is 1. The molecule has 0 spiro atoms. The third kappa shape index (κ3) is 2.39. The van der Waals surface area contributed by atoms with Crippen molar-refractivity contribution in [1.29, 1.82) is 0 Å². The van der Waals surface area contributed by atoms with E-state index in [0.29, 0.717) is 0 Å². The molecule has 1 aromatic rings. The van der Waals surface area contributed by atoms with E-state index in [0.717, 1.165) is 0 Å². The zero-order valence-corrected chi connectivity index (χ0v) is 9.01. The largest absolute Gasteiger partial charge is 0.494 e. The molecule has 5 heteroatoms. The first-order valence-electron chi connectivity index (χ1n) is 4.23. The molecule has 0 radical (unpaired) electrons. The summed E-state index contributed by atoms with van der Waals surface area (Å²) in [5.41, 5.74) is 0.0202. The molecule has 0 heterocycles. The van der Waals surface area contributed by atoms with Crippen molar-refractivity contribution in [1.82, 2.24) is 0 Å². The van der Waals surface area contributed by atoms with E-state index in [-0.39, 0.29) is 16.3 Å². The highest BCUT2D eigenvalue weighted by atomic mass is 35.5. The number of ether oxygens (including phenoxy) is 1. The van der Waals surface area contributed by atoms with Gasteiger partial charge in [-0.25, -0.2) is 4.39 Å². The van der Waals surface area contributed by atoms with Crippen molar-refractivity contribution >= 4 is 17.6 Å². The van der Waals surface area contributed by atoms with Crippen LogP contribution in [0.2, 0.25) is 5.02 Å². The highest BCUT2D eigenvalue weighted by Crippen LogP contribution is 2.30. The van der Waals surface area contributed by atoms with E-state index in [2.05, 4.69) is 0 Å². The molecule has 1 rings (SSSR count). The second-order valence-corrected chi connectivity index (χ2v) is 3.51. The van der Waals surface area contributed by atoms with Crippen LogP contribution in [0.15, 0.2) is 12.1 Å². The molecule has 0 aromatic heterocycles. The Hall–Kier alpha value is -1.29. The number of carboxylic acid groups (broad SMARTS) is 1. The van der Waals surface area contributed by atoms with Gasteiger partial charge in [0.15, 0.2) is 11.6 Å². The first-order chi connectivity index (χ1) is 6.97. The molecular formula is C10H10ClFO3. The normalized spacial score (nSPS) is 12.3. The lowest BCUT2D eigenvalue weighted by molar-refractivity contribution is -0.138. The summed E-state index contributed by atoms with van der Waals surface area (Å²) in [5, 5.41) is 9.01. The first kappa shape index (κ1) is 11.8. The van der Waals surface area contributed by atoms with E-state index in [1.807, 2.05) is 0 Å². The Morgan fingerprint density at radius 1 is 1.60 bits per heavy atom. The highest BCUT2D eigenvalue weighted by molar-refractivity contribution is 6.30. The van der Waals surface area contributed by atoms with Gasteiger partial charge >= 0.3 is 5.97 Å². The number of rotatable bonds is 3. The van der Waals surface area contributed by atoms with Crippen LogP contribution < -0.4 is 4.74 Å². The topological polar surface area (TPSA) is 46.5 Å². The van der Waals surface area contributed by atoms with E-state index in [9.17, 15) is 9.18 Å². The van der Waals surface area contributed by atoms with E-state index in [1.54, 1.807) is 0 Å². The predicted molar refractivity (Wildman–Crippen MR) is 54.0 cm³/mol. The molecule has 82 valence electrons. The maximum atomic E-state index is 13.6. The van der Waals surface area contributed by atoms with E-state index < -0.39 is 17.7 Å². The highest BCUT2D eigenvalue weighted by Gasteiger charge is 2.21. The Morgan fingerprint density at radius 3 is 2.67 bits per heavy atom. The number of methoxy groups -OCH3 is 1. The lowest BCUT2D eigenvalue weighted by atomic mass is 10.0. The number of halogens is 2. The van der Waals surface area contributed by atoms with Gasteiger partial charge in [-0.15, -0.1) is 0 Å². The van der Waals surface area contributed by atoms with Gasteiger partial charge in [0.1, 0.15) is 0 Å². The maximum absolute atomic E-state index is 13.6. The minimum Gasteiger partial charge on any atom is -0.494 e. The average Bonchev–Trinajstić information content (AvgIpc) is 2.19. The fraction of sp³-hybridized carbons (Fsp3) is 0.300. The number of benzene rings is 1. The summed E-state index contributed by atoms with van der Waals surface area (Å²) >= 11 is 5.71. The molecule has 0 saturated carbocycles. The monoisotopic (exact) mass is 232 g/mol. The third-order valence-corrected chi connectivity index (χ3v) is 2.31. The van der Waals surface area contributed by atoms with E-state index in [4.69, 9.17) is 21.4 Å². The van der Waals surface area contributed by atoms with Crippen molar-refractivity contribution in [2.24, 2.45) is 0 Å². The average molecular weight is 233 g/mol. The van der Waals surface area contributed by atoms with Gasteiger partial charge in [-0.2, -0.15) is 0 Å². The van der Waals surface area contributed by atoms with Crippen molar-refractivity contribution in [3.63, 3.8) is 0 Å². The van der Waals surface area contributed by atoms with Crippen LogP contribution >= 0.6 is 11.6 Å². The molecule has 3 nitrogen and oxygen atoms in total. The summed E-state index contributed by atoms with van der Waals surface area (Å²) in [6.45, 7) is 1.39. The third-order valence-electron chi connectivity index (χ3n) is 2.09. The molecule has 0 amide bonds. The lowest BCUT2D eigenvalue weighted by Gasteiger charge is -2.11. The van der Waals surface area contributed by atoms with Crippen LogP contribution in [-0.2, 0) is 4.79 Å². The Labute approximate surface area is 91.4 Å². The number of carbonyl (C=O) groups is 1. The SMILES string of the molecule is COc1cc(Cl)cc(C(C)C(=O)O)c1F. The van der Waals surface area contributed by atoms with Crippen molar-refractivity contribution < 1.29 is 19.0 Å².